The lowest BCUT2D eigenvalue weighted by atomic mass is 9.99. The molecule has 0 aliphatic heterocycles. The van der Waals surface area contributed by atoms with Crippen molar-refractivity contribution in [1.82, 2.24) is 0 Å². The van der Waals surface area contributed by atoms with E-state index < -0.39 is 5.60 Å². The zero-order valence-electron chi connectivity index (χ0n) is 14.7. The molecule has 1 N–H and O–H groups in total. The fraction of sp³-hybridized carbons (Fsp3) is 0.182. The summed E-state index contributed by atoms with van der Waals surface area (Å²) in [7, 11) is 1.66. The van der Waals surface area contributed by atoms with Crippen LogP contribution >= 0.6 is 0 Å². The van der Waals surface area contributed by atoms with Gasteiger partial charge < -0.3 is 14.6 Å². The summed E-state index contributed by atoms with van der Waals surface area (Å²) in [5, 5.41) is 9.99. The van der Waals surface area contributed by atoms with Crippen LogP contribution in [0.5, 0.6) is 17.2 Å². The SMILES string of the molecule is COc1ccc(-c2ccc(Oc3ccc(C(C)(C)O)cc3)cc2)cc1. The first kappa shape index (κ1) is 17.1. The van der Waals surface area contributed by atoms with Crippen LogP contribution in [-0.2, 0) is 5.60 Å². The third-order valence-electron chi connectivity index (χ3n) is 4.07. The smallest absolute Gasteiger partial charge is 0.127 e. The van der Waals surface area contributed by atoms with Crippen LogP contribution in [0, 0.1) is 0 Å². The maximum Gasteiger partial charge on any atom is 0.127 e. The summed E-state index contributed by atoms with van der Waals surface area (Å²) in [5.41, 5.74) is 2.25. The average molecular weight is 334 g/mol. The summed E-state index contributed by atoms with van der Waals surface area (Å²) in [6.45, 7) is 3.53. The van der Waals surface area contributed by atoms with Crippen molar-refractivity contribution >= 4 is 0 Å². The first-order chi connectivity index (χ1) is 12.0. The molecule has 3 nitrogen and oxygen atoms in total. The Morgan fingerprint density at radius 2 is 1.04 bits per heavy atom. The van der Waals surface area contributed by atoms with Gasteiger partial charge in [-0.3, -0.25) is 0 Å². The second-order valence-electron chi connectivity index (χ2n) is 6.44. The van der Waals surface area contributed by atoms with E-state index in [4.69, 9.17) is 9.47 Å². The number of ether oxygens (including phenoxy) is 2. The molecule has 0 atom stereocenters. The Morgan fingerprint density at radius 1 is 0.640 bits per heavy atom. The van der Waals surface area contributed by atoms with Crippen molar-refractivity contribution in [3.8, 4) is 28.4 Å². The van der Waals surface area contributed by atoms with Gasteiger partial charge in [0.2, 0.25) is 0 Å². The molecule has 3 heteroatoms. The molecule has 0 bridgehead atoms. The summed E-state index contributed by atoms with van der Waals surface area (Å²) < 4.78 is 11.1. The summed E-state index contributed by atoms with van der Waals surface area (Å²) in [6.07, 6.45) is 0. The Balaban J connectivity index is 1.72. The van der Waals surface area contributed by atoms with E-state index in [9.17, 15) is 5.11 Å². The van der Waals surface area contributed by atoms with E-state index >= 15 is 0 Å². The van der Waals surface area contributed by atoms with Crippen molar-refractivity contribution in [2.75, 3.05) is 7.11 Å². The van der Waals surface area contributed by atoms with Gasteiger partial charge in [0.1, 0.15) is 17.2 Å². The van der Waals surface area contributed by atoms with Gasteiger partial charge in [-0.15, -0.1) is 0 Å². The van der Waals surface area contributed by atoms with Gasteiger partial charge in [-0.05, 0) is 66.9 Å². The number of methoxy groups -OCH3 is 1. The summed E-state index contributed by atoms with van der Waals surface area (Å²) >= 11 is 0. The largest absolute Gasteiger partial charge is 0.497 e. The molecule has 0 saturated heterocycles. The predicted molar refractivity (Wildman–Crippen MR) is 100 cm³/mol. The number of aliphatic hydroxyl groups is 1. The zero-order chi connectivity index (χ0) is 17.9. The summed E-state index contributed by atoms with van der Waals surface area (Å²) in [4.78, 5) is 0. The van der Waals surface area contributed by atoms with E-state index in [1.165, 1.54) is 0 Å². The summed E-state index contributed by atoms with van der Waals surface area (Å²) in [6, 6.07) is 23.4. The third kappa shape index (κ3) is 4.20. The van der Waals surface area contributed by atoms with Crippen LogP contribution in [0.15, 0.2) is 72.8 Å². The molecule has 0 spiro atoms. The van der Waals surface area contributed by atoms with Crippen molar-refractivity contribution in [3.05, 3.63) is 78.4 Å². The minimum atomic E-state index is -0.849. The molecule has 0 heterocycles. The molecular weight excluding hydrogens is 312 g/mol. The van der Waals surface area contributed by atoms with Crippen molar-refractivity contribution in [1.29, 1.82) is 0 Å². The molecule has 0 unspecified atom stereocenters. The molecular formula is C22H22O3. The van der Waals surface area contributed by atoms with E-state index in [1.807, 2.05) is 72.8 Å². The lowest BCUT2D eigenvalue weighted by molar-refractivity contribution is 0.0786. The molecule has 128 valence electrons. The second kappa shape index (κ2) is 6.99. The van der Waals surface area contributed by atoms with Crippen LogP contribution in [0.4, 0.5) is 0 Å². The molecule has 0 aliphatic rings. The first-order valence-electron chi connectivity index (χ1n) is 8.21. The monoisotopic (exact) mass is 334 g/mol. The lowest BCUT2D eigenvalue weighted by Gasteiger charge is -2.17. The highest BCUT2D eigenvalue weighted by Gasteiger charge is 2.15. The molecule has 3 aromatic carbocycles. The minimum Gasteiger partial charge on any atom is -0.497 e. The van der Waals surface area contributed by atoms with E-state index in [-0.39, 0.29) is 0 Å². The molecule has 3 aromatic rings. The van der Waals surface area contributed by atoms with Crippen LogP contribution in [0.3, 0.4) is 0 Å². The van der Waals surface area contributed by atoms with Gasteiger partial charge in [-0.1, -0.05) is 36.4 Å². The molecule has 0 amide bonds. The lowest BCUT2D eigenvalue weighted by Crippen LogP contribution is -2.14. The minimum absolute atomic E-state index is 0.741. The Bertz CT molecular complexity index is 811. The highest BCUT2D eigenvalue weighted by Crippen LogP contribution is 2.28. The van der Waals surface area contributed by atoms with Gasteiger partial charge >= 0.3 is 0 Å². The molecule has 0 aliphatic carbocycles. The number of hydrogen-bond acceptors (Lipinski definition) is 3. The van der Waals surface area contributed by atoms with Gasteiger partial charge in [-0.2, -0.15) is 0 Å². The molecule has 0 fully saturated rings. The third-order valence-corrected chi connectivity index (χ3v) is 4.07. The van der Waals surface area contributed by atoms with Crippen LogP contribution in [0.2, 0.25) is 0 Å². The fourth-order valence-electron chi connectivity index (χ4n) is 2.57. The van der Waals surface area contributed by atoms with E-state index in [0.29, 0.717) is 0 Å². The quantitative estimate of drug-likeness (QED) is 0.680. The maximum absolute atomic E-state index is 9.99. The zero-order valence-corrected chi connectivity index (χ0v) is 14.7. The Morgan fingerprint density at radius 3 is 1.44 bits per heavy atom. The van der Waals surface area contributed by atoms with E-state index in [0.717, 1.165) is 33.9 Å². The van der Waals surface area contributed by atoms with E-state index in [1.54, 1.807) is 21.0 Å². The Labute approximate surface area is 148 Å². The number of rotatable bonds is 5. The number of hydrogen-bond donors (Lipinski definition) is 1. The highest BCUT2D eigenvalue weighted by molar-refractivity contribution is 5.65. The topological polar surface area (TPSA) is 38.7 Å². The standard InChI is InChI=1S/C22H22O3/c1-22(2,23)18-8-14-21(15-9-18)25-20-12-6-17(7-13-20)16-4-10-19(24-3)11-5-16/h4-15,23H,1-3H3. The molecule has 0 radical (unpaired) electrons. The van der Waals surface area contributed by atoms with Gasteiger partial charge in [0.15, 0.2) is 0 Å². The van der Waals surface area contributed by atoms with Gasteiger partial charge in [0.25, 0.3) is 0 Å². The van der Waals surface area contributed by atoms with Crippen molar-refractivity contribution in [3.63, 3.8) is 0 Å². The van der Waals surface area contributed by atoms with Crippen LogP contribution in [-0.4, -0.2) is 12.2 Å². The van der Waals surface area contributed by atoms with Crippen molar-refractivity contribution in [2.24, 2.45) is 0 Å². The van der Waals surface area contributed by atoms with Crippen LogP contribution in [0.25, 0.3) is 11.1 Å². The normalized spacial score (nSPS) is 11.2. The fourth-order valence-corrected chi connectivity index (χ4v) is 2.57. The molecule has 0 saturated carbocycles. The molecule has 3 rings (SSSR count). The van der Waals surface area contributed by atoms with Crippen molar-refractivity contribution < 1.29 is 14.6 Å². The number of benzene rings is 3. The molecule has 25 heavy (non-hydrogen) atoms. The van der Waals surface area contributed by atoms with Crippen LogP contribution in [0.1, 0.15) is 19.4 Å². The Hall–Kier alpha value is -2.78. The average Bonchev–Trinajstić information content (AvgIpc) is 2.62. The van der Waals surface area contributed by atoms with Gasteiger partial charge in [0.05, 0.1) is 12.7 Å². The van der Waals surface area contributed by atoms with Gasteiger partial charge in [0, 0.05) is 0 Å². The predicted octanol–water partition coefficient (Wildman–Crippen LogP) is 5.38. The summed E-state index contributed by atoms with van der Waals surface area (Å²) in [5.74, 6) is 2.36. The molecule has 0 aromatic heterocycles. The second-order valence-corrected chi connectivity index (χ2v) is 6.44. The first-order valence-corrected chi connectivity index (χ1v) is 8.21. The Kier molecular flexibility index (Phi) is 4.77. The van der Waals surface area contributed by atoms with Gasteiger partial charge in [-0.25, -0.2) is 0 Å². The van der Waals surface area contributed by atoms with Crippen molar-refractivity contribution in [2.45, 2.75) is 19.4 Å². The maximum atomic E-state index is 9.99. The van der Waals surface area contributed by atoms with Crippen LogP contribution < -0.4 is 9.47 Å². The van der Waals surface area contributed by atoms with E-state index in [2.05, 4.69) is 0 Å². The highest BCUT2D eigenvalue weighted by atomic mass is 16.5.